The van der Waals surface area contributed by atoms with Crippen LogP contribution in [0.4, 0.5) is 4.39 Å². The number of benzene rings is 1. The van der Waals surface area contributed by atoms with E-state index in [-0.39, 0.29) is 17.5 Å². The number of aromatic nitrogens is 3. The Morgan fingerprint density at radius 2 is 2.03 bits per heavy atom. The minimum Gasteiger partial charge on any atom is -0.451 e. The van der Waals surface area contributed by atoms with Gasteiger partial charge in [-0.15, -0.1) is 10.2 Å². The monoisotopic (exact) mass is 416 g/mol. The molecular weight excluding hydrogens is 391 g/mol. The minimum absolute atomic E-state index is 0.163. The fraction of sp³-hybridized carbons (Fsp3) is 0.381. The predicted molar refractivity (Wildman–Crippen MR) is 111 cm³/mol. The average Bonchev–Trinajstić information content (AvgIpc) is 3.32. The lowest BCUT2D eigenvalue weighted by Gasteiger charge is -2.11. The molecule has 8 heteroatoms. The van der Waals surface area contributed by atoms with E-state index in [2.05, 4.69) is 33.9 Å². The van der Waals surface area contributed by atoms with Gasteiger partial charge in [-0.25, -0.2) is 4.39 Å². The van der Waals surface area contributed by atoms with E-state index in [4.69, 9.17) is 4.42 Å². The molecule has 0 aliphatic rings. The van der Waals surface area contributed by atoms with Crippen LogP contribution in [-0.2, 0) is 13.0 Å². The number of furan rings is 1. The molecule has 2 aromatic heterocycles. The summed E-state index contributed by atoms with van der Waals surface area (Å²) in [4.78, 5) is 12.3. The number of aryl methyl sites for hydroxylation is 1. The van der Waals surface area contributed by atoms with Crippen molar-refractivity contribution in [2.24, 2.45) is 5.92 Å². The maximum atomic E-state index is 13.9. The molecule has 154 valence electrons. The summed E-state index contributed by atoms with van der Waals surface area (Å²) in [5, 5.41) is 12.3. The summed E-state index contributed by atoms with van der Waals surface area (Å²) in [5.41, 5.74) is 0.334. The van der Waals surface area contributed by atoms with Gasteiger partial charge in [-0.1, -0.05) is 37.7 Å². The highest BCUT2D eigenvalue weighted by Crippen LogP contribution is 2.24. The molecule has 3 rings (SSSR count). The van der Waals surface area contributed by atoms with Gasteiger partial charge in [0.25, 0.3) is 5.91 Å². The highest BCUT2D eigenvalue weighted by Gasteiger charge is 2.15. The number of hydrogen-bond donors (Lipinski definition) is 1. The van der Waals surface area contributed by atoms with Gasteiger partial charge in [0.05, 0.1) is 5.56 Å². The van der Waals surface area contributed by atoms with Gasteiger partial charge in [0, 0.05) is 19.5 Å². The zero-order valence-electron chi connectivity index (χ0n) is 16.8. The number of nitrogens with zero attached hydrogens (tertiary/aromatic N) is 3. The molecular formula is C21H25FN4O2S. The largest absolute Gasteiger partial charge is 0.451 e. The van der Waals surface area contributed by atoms with E-state index >= 15 is 0 Å². The molecule has 3 aromatic rings. The van der Waals surface area contributed by atoms with Crippen LogP contribution in [-0.4, -0.2) is 33.5 Å². The van der Waals surface area contributed by atoms with E-state index < -0.39 is 0 Å². The third-order valence-corrected chi connectivity index (χ3v) is 5.02. The smallest absolute Gasteiger partial charge is 0.287 e. The second-order valence-corrected chi connectivity index (χ2v) is 7.88. The van der Waals surface area contributed by atoms with E-state index in [0.717, 1.165) is 30.4 Å². The lowest BCUT2D eigenvalue weighted by atomic mass is 10.1. The van der Waals surface area contributed by atoms with Gasteiger partial charge in [0.2, 0.25) is 0 Å². The molecule has 0 fully saturated rings. The van der Waals surface area contributed by atoms with Crippen molar-refractivity contribution in [3.8, 4) is 11.3 Å². The normalized spacial score (nSPS) is 11.2. The van der Waals surface area contributed by atoms with Gasteiger partial charge >= 0.3 is 0 Å². The Morgan fingerprint density at radius 3 is 2.76 bits per heavy atom. The number of hydrogen-bond acceptors (Lipinski definition) is 5. The number of thioether (sulfide) groups is 1. The molecule has 0 saturated carbocycles. The maximum Gasteiger partial charge on any atom is 0.287 e. The topological polar surface area (TPSA) is 73.0 Å². The number of halogens is 1. The highest BCUT2D eigenvalue weighted by molar-refractivity contribution is 7.98. The lowest BCUT2D eigenvalue weighted by molar-refractivity contribution is 0.0926. The molecule has 1 aromatic carbocycles. The van der Waals surface area contributed by atoms with Gasteiger partial charge in [0.1, 0.15) is 17.4 Å². The second kappa shape index (κ2) is 9.73. The van der Waals surface area contributed by atoms with Gasteiger partial charge < -0.3 is 14.3 Å². The first kappa shape index (κ1) is 21.1. The zero-order chi connectivity index (χ0) is 20.8. The first-order chi connectivity index (χ1) is 14.0. The summed E-state index contributed by atoms with van der Waals surface area (Å²) in [5.74, 6) is 1.22. The Balaban J connectivity index is 1.54. The van der Waals surface area contributed by atoms with E-state index in [1.807, 2.05) is 6.26 Å². The van der Waals surface area contributed by atoms with Crippen LogP contribution in [0.3, 0.4) is 0 Å². The SMILES string of the molecule is CSc1nnc(CCCNC(=O)c2ccc(-c3ccccc3F)o2)n1CC(C)C. The van der Waals surface area contributed by atoms with Gasteiger partial charge in [0.15, 0.2) is 10.9 Å². The molecule has 29 heavy (non-hydrogen) atoms. The van der Waals surface area contributed by atoms with Crippen LogP contribution in [0.1, 0.15) is 36.6 Å². The Labute approximate surface area is 173 Å². The fourth-order valence-electron chi connectivity index (χ4n) is 3.00. The number of amides is 1. The summed E-state index contributed by atoms with van der Waals surface area (Å²) in [6.45, 7) is 5.67. The lowest BCUT2D eigenvalue weighted by Crippen LogP contribution is -2.24. The number of carbonyl (C=O) groups excluding carboxylic acids is 1. The minimum atomic E-state index is -0.385. The van der Waals surface area contributed by atoms with Crippen molar-refractivity contribution in [2.45, 2.75) is 38.4 Å². The second-order valence-electron chi connectivity index (χ2n) is 7.11. The molecule has 1 N–H and O–H groups in total. The number of rotatable bonds is 9. The molecule has 0 atom stereocenters. The molecule has 6 nitrogen and oxygen atoms in total. The van der Waals surface area contributed by atoms with Crippen molar-refractivity contribution in [3.05, 3.63) is 53.8 Å². The van der Waals surface area contributed by atoms with Crippen LogP contribution in [0, 0.1) is 11.7 Å². The molecule has 2 heterocycles. The van der Waals surface area contributed by atoms with E-state index in [0.29, 0.717) is 23.8 Å². The molecule has 0 spiro atoms. The van der Waals surface area contributed by atoms with Gasteiger partial charge in [-0.05, 0) is 42.9 Å². The molecule has 0 radical (unpaired) electrons. The number of nitrogens with one attached hydrogen (secondary N) is 1. The van der Waals surface area contributed by atoms with E-state index in [9.17, 15) is 9.18 Å². The fourth-order valence-corrected chi connectivity index (χ4v) is 3.53. The Bertz CT molecular complexity index is 967. The third-order valence-electron chi connectivity index (χ3n) is 4.36. The first-order valence-corrected chi connectivity index (χ1v) is 10.8. The third kappa shape index (κ3) is 5.26. The summed E-state index contributed by atoms with van der Waals surface area (Å²) in [7, 11) is 0. The molecule has 0 saturated heterocycles. The first-order valence-electron chi connectivity index (χ1n) is 9.58. The van der Waals surface area contributed by atoms with Crippen LogP contribution < -0.4 is 5.32 Å². The van der Waals surface area contributed by atoms with Gasteiger partial charge in [-0.2, -0.15) is 0 Å². The van der Waals surface area contributed by atoms with Crippen LogP contribution in [0.25, 0.3) is 11.3 Å². The summed E-state index contributed by atoms with van der Waals surface area (Å²) in [6, 6.07) is 9.47. The predicted octanol–water partition coefficient (Wildman–Crippen LogP) is 4.42. The van der Waals surface area contributed by atoms with Crippen molar-refractivity contribution in [3.63, 3.8) is 0 Å². The van der Waals surface area contributed by atoms with Crippen molar-refractivity contribution >= 4 is 17.7 Å². The van der Waals surface area contributed by atoms with E-state index in [1.165, 1.54) is 6.07 Å². The Kier molecular flexibility index (Phi) is 7.09. The molecule has 0 unspecified atom stereocenters. The Hall–Kier alpha value is -2.61. The van der Waals surface area contributed by atoms with Crippen molar-refractivity contribution in [1.82, 2.24) is 20.1 Å². The average molecular weight is 417 g/mol. The van der Waals surface area contributed by atoms with Crippen LogP contribution in [0.15, 0.2) is 46.0 Å². The van der Waals surface area contributed by atoms with Crippen LogP contribution in [0.5, 0.6) is 0 Å². The van der Waals surface area contributed by atoms with Crippen molar-refractivity contribution in [1.29, 1.82) is 0 Å². The van der Waals surface area contributed by atoms with Crippen LogP contribution >= 0.6 is 11.8 Å². The summed E-state index contributed by atoms with van der Waals surface area (Å²) < 4.78 is 21.5. The van der Waals surface area contributed by atoms with Crippen LogP contribution in [0.2, 0.25) is 0 Å². The molecule has 0 aliphatic heterocycles. The number of carbonyl (C=O) groups is 1. The highest BCUT2D eigenvalue weighted by atomic mass is 32.2. The quantitative estimate of drug-likeness (QED) is 0.413. The van der Waals surface area contributed by atoms with Crippen molar-refractivity contribution < 1.29 is 13.6 Å². The standard InChI is InChI=1S/C21H25FN4O2S/c1-14(2)13-26-19(24-25-21(26)29-3)9-6-12-23-20(27)18-11-10-17(28-18)15-7-4-5-8-16(15)22/h4-5,7-8,10-11,14H,6,9,12-13H2,1-3H3,(H,23,27). The molecule has 0 aliphatic carbocycles. The van der Waals surface area contributed by atoms with Gasteiger partial charge in [-0.3, -0.25) is 4.79 Å². The summed E-state index contributed by atoms with van der Waals surface area (Å²) >= 11 is 1.58. The van der Waals surface area contributed by atoms with Crippen molar-refractivity contribution in [2.75, 3.05) is 12.8 Å². The molecule has 0 bridgehead atoms. The Morgan fingerprint density at radius 1 is 1.24 bits per heavy atom. The van der Waals surface area contributed by atoms with E-state index in [1.54, 1.807) is 42.1 Å². The molecule has 1 amide bonds. The zero-order valence-corrected chi connectivity index (χ0v) is 17.6. The maximum absolute atomic E-state index is 13.9. The summed E-state index contributed by atoms with van der Waals surface area (Å²) in [6.07, 6.45) is 3.44.